The Hall–Kier alpha value is -2.68. The number of hydrogen-bond donors (Lipinski definition) is 1. The molecule has 0 aliphatic heterocycles. The standard InChI is InChI=1S/C25H27ClN2O4S2/c1-34(30,31)28(23-14-7-8-15-24(23)32-21-11-3-2-4-12-21)18-25(29)27-16-9-17-33-19-20-10-5-6-13-22(20)26/h2-8,10-15H,9,16-19H2,1H3,(H,27,29). The number of rotatable bonds is 12. The lowest BCUT2D eigenvalue weighted by atomic mass is 10.2. The van der Waals surface area contributed by atoms with Crippen LogP contribution in [0.15, 0.2) is 78.9 Å². The molecule has 0 aliphatic carbocycles. The van der Waals surface area contributed by atoms with Crippen molar-refractivity contribution in [1.29, 1.82) is 0 Å². The molecule has 0 unspecified atom stereocenters. The van der Waals surface area contributed by atoms with Crippen LogP contribution in [0.5, 0.6) is 11.5 Å². The second-order valence-corrected chi connectivity index (χ2v) is 10.9. The summed E-state index contributed by atoms with van der Waals surface area (Å²) in [5.74, 6) is 2.18. The van der Waals surface area contributed by atoms with Crippen LogP contribution in [0, 0.1) is 0 Å². The lowest BCUT2D eigenvalue weighted by Crippen LogP contribution is -2.40. The first-order chi connectivity index (χ1) is 16.3. The van der Waals surface area contributed by atoms with Gasteiger partial charge in [-0.25, -0.2) is 8.42 Å². The zero-order chi connectivity index (χ0) is 24.4. The van der Waals surface area contributed by atoms with Gasteiger partial charge in [-0.1, -0.05) is 60.1 Å². The predicted molar refractivity (Wildman–Crippen MR) is 140 cm³/mol. The first-order valence-electron chi connectivity index (χ1n) is 10.7. The van der Waals surface area contributed by atoms with Crippen LogP contribution in [0.4, 0.5) is 5.69 Å². The van der Waals surface area contributed by atoms with E-state index >= 15 is 0 Å². The normalized spacial score (nSPS) is 11.1. The number of amides is 1. The van der Waals surface area contributed by atoms with E-state index in [2.05, 4.69) is 5.32 Å². The summed E-state index contributed by atoms with van der Waals surface area (Å²) in [6, 6.07) is 23.5. The van der Waals surface area contributed by atoms with E-state index in [0.717, 1.165) is 39.1 Å². The molecule has 34 heavy (non-hydrogen) atoms. The van der Waals surface area contributed by atoms with Crippen molar-refractivity contribution in [2.45, 2.75) is 12.2 Å². The molecule has 0 aliphatic rings. The molecule has 0 aromatic heterocycles. The molecular weight excluding hydrogens is 492 g/mol. The minimum atomic E-state index is -3.73. The molecule has 0 radical (unpaired) electrons. The molecular formula is C25H27ClN2O4S2. The van der Waals surface area contributed by atoms with Gasteiger partial charge in [0.1, 0.15) is 12.3 Å². The summed E-state index contributed by atoms with van der Waals surface area (Å²) in [6.45, 7) is 0.120. The molecule has 180 valence electrons. The highest BCUT2D eigenvalue weighted by Crippen LogP contribution is 2.33. The van der Waals surface area contributed by atoms with Crippen molar-refractivity contribution in [2.24, 2.45) is 0 Å². The number of nitrogens with one attached hydrogen (secondary N) is 1. The van der Waals surface area contributed by atoms with E-state index in [4.69, 9.17) is 16.3 Å². The molecule has 3 aromatic rings. The first-order valence-corrected chi connectivity index (χ1v) is 14.1. The highest BCUT2D eigenvalue weighted by Gasteiger charge is 2.24. The van der Waals surface area contributed by atoms with Crippen LogP contribution in [-0.4, -0.2) is 39.4 Å². The molecule has 0 heterocycles. The molecule has 1 amide bonds. The van der Waals surface area contributed by atoms with Crippen molar-refractivity contribution in [3.05, 3.63) is 89.4 Å². The molecule has 3 rings (SSSR count). The fourth-order valence-electron chi connectivity index (χ4n) is 3.13. The SMILES string of the molecule is CS(=O)(=O)N(CC(=O)NCCCSCc1ccccc1Cl)c1ccccc1Oc1ccccc1. The Morgan fingerprint density at radius 3 is 2.41 bits per heavy atom. The molecule has 0 atom stereocenters. The minimum absolute atomic E-state index is 0.305. The zero-order valence-corrected chi connectivity index (χ0v) is 21.2. The van der Waals surface area contributed by atoms with Crippen molar-refractivity contribution in [3.8, 4) is 11.5 Å². The molecule has 3 aromatic carbocycles. The van der Waals surface area contributed by atoms with Gasteiger partial charge in [0, 0.05) is 17.3 Å². The number of sulfonamides is 1. The van der Waals surface area contributed by atoms with E-state index in [-0.39, 0.29) is 12.5 Å². The van der Waals surface area contributed by atoms with E-state index in [1.54, 1.807) is 48.2 Å². The summed E-state index contributed by atoms with van der Waals surface area (Å²) >= 11 is 7.90. The van der Waals surface area contributed by atoms with Gasteiger partial charge in [-0.05, 0) is 48.1 Å². The quantitative estimate of drug-likeness (QED) is 0.328. The van der Waals surface area contributed by atoms with Crippen LogP contribution < -0.4 is 14.4 Å². The summed E-state index contributed by atoms with van der Waals surface area (Å²) in [7, 11) is -3.73. The van der Waals surface area contributed by atoms with Crippen LogP contribution in [0.2, 0.25) is 5.02 Å². The lowest BCUT2D eigenvalue weighted by molar-refractivity contribution is -0.119. The van der Waals surface area contributed by atoms with Gasteiger partial charge in [0.2, 0.25) is 15.9 Å². The van der Waals surface area contributed by atoms with E-state index < -0.39 is 10.0 Å². The van der Waals surface area contributed by atoms with Crippen molar-refractivity contribution < 1.29 is 17.9 Å². The van der Waals surface area contributed by atoms with Gasteiger partial charge in [0.15, 0.2) is 5.75 Å². The molecule has 0 saturated carbocycles. The molecule has 1 N–H and O–H groups in total. The van der Waals surface area contributed by atoms with Crippen LogP contribution in [-0.2, 0) is 20.6 Å². The third kappa shape index (κ3) is 7.97. The Labute approximate surface area is 210 Å². The largest absolute Gasteiger partial charge is 0.455 e. The highest BCUT2D eigenvalue weighted by molar-refractivity contribution is 7.98. The minimum Gasteiger partial charge on any atom is -0.455 e. The number of hydrogen-bond acceptors (Lipinski definition) is 5. The van der Waals surface area contributed by atoms with E-state index in [1.165, 1.54) is 0 Å². The predicted octanol–water partition coefficient (Wildman–Crippen LogP) is 5.34. The average Bonchev–Trinajstić information content (AvgIpc) is 2.81. The Kier molecular flexibility index (Phi) is 9.68. The maximum Gasteiger partial charge on any atom is 0.240 e. The van der Waals surface area contributed by atoms with Crippen molar-refractivity contribution in [3.63, 3.8) is 0 Å². The molecule has 0 bridgehead atoms. The topological polar surface area (TPSA) is 75.7 Å². The fourth-order valence-corrected chi connectivity index (χ4v) is 5.24. The Bertz CT molecular complexity index is 1190. The summed E-state index contributed by atoms with van der Waals surface area (Å²) in [5.41, 5.74) is 1.39. The first kappa shape index (κ1) is 25.9. The van der Waals surface area contributed by atoms with E-state index in [9.17, 15) is 13.2 Å². The summed E-state index contributed by atoms with van der Waals surface area (Å²) in [5, 5.41) is 3.56. The number of ether oxygens (including phenoxy) is 1. The monoisotopic (exact) mass is 518 g/mol. The van der Waals surface area contributed by atoms with Gasteiger partial charge < -0.3 is 10.1 Å². The van der Waals surface area contributed by atoms with Crippen LogP contribution in [0.3, 0.4) is 0 Å². The summed E-state index contributed by atoms with van der Waals surface area (Å²) in [6.07, 6.45) is 1.83. The second kappa shape index (κ2) is 12.7. The van der Waals surface area contributed by atoms with Gasteiger partial charge in [0.25, 0.3) is 0 Å². The number of nitrogens with zero attached hydrogens (tertiary/aromatic N) is 1. The third-order valence-corrected chi connectivity index (χ3v) is 7.38. The van der Waals surface area contributed by atoms with Crippen molar-refractivity contribution in [2.75, 3.05) is 29.4 Å². The van der Waals surface area contributed by atoms with Crippen molar-refractivity contribution in [1.82, 2.24) is 5.32 Å². The summed E-state index contributed by atoms with van der Waals surface area (Å²) in [4.78, 5) is 12.6. The number of anilines is 1. The van der Waals surface area contributed by atoms with Gasteiger partial charge in [-0.15, -0.1) is 0 Å². The van der Waals surface area contributed by atoms with Gasteiger partial charge in [0.05, 0.1) is 11.9 Å². The van der Waals surface area contributed by atoms with Crippen LogP contribution in [0.25, 0.3) is 0 Å². The number of halogens is 1. The van der Waals surface area contributed by atoms with Crippen molar-refractivity contribution >= 4 is 45.0 Å². The van der Waals surface area contributed by atoms with E-state index in [1.807, 2.05) is 42.5 Å². The fraction of sp³-hybridized carbons (Fsp3) is 0.240. The van der Waals surface area contributed by atoms with Crippen LogP contribution in [0.1, 0.15) is 12.0 Å². The van der Waals surface area contributed by atoms with Gasteiger partial charge in [-0.3, -0.25) is 9.10 Å². The molecule has 0 saturated heterocycles. The molecule has 9 heteroatoms. The maximum atomic E-state index is 12.6. The average molecular weight is 519 g/mol. The Balaban J connectivity index is 1.54. The van der Waals surface area contributed by atoms with Gasteiger partial charge >= 0.3 is 0 Å². The molecule has 0 spiro atoms. The number of benzene rings is 3. The second-order valence-electron chi connectivity index (χ2n) is 7.50. The van der Waals surface area contributed by atoms with E-state index in [0.29, 0.717) is 23.7 Å². The molecule has 6 nitrogen and oxygen atoms in total. The Morgan fingerprint density at radius 2 is 1.68 bits per heavy atom. The maximum absolute atomic E-state index is 12.6. The summed E-state index contributed by atoms with van der Waals surface area (Å²) < 4.78 is 32.0. The van der Waals surface area contributed by atoms with Crippen LogP contribution >= 0.6 is 23.4 Å². The number of carbonyl (C=O) groups excluding carboxylic acids is 1. The zero-order valence-electron chi connectivity index (χ0n) is 18.8. The smallest absolute Gasteiger partial charge is 0.240 e. The number of carbonyl (C=O) groups is 1. The number of para-hydroxylation sites is 3. The highest BCUT2D eigenvalue weighted by atomic mass is 35.5. The lowest BCUT2D eigenvalue weighted by Gasteiger charge is -2.24. The Morgan fingerprint density at radius 1 is 1.00 bits per heavy atom. The molecule has 0 fully saturated rings. The number of thioether (sulfide) groups is 1. The van der Waals surface area contributed by atoms with Gasteiger partial charge in [-0.2, -0.15) is 11.8 Å². The third-order valence-electron chi connectivity index (χ3n) is 4.80.